The summed E-state index contributed by atoms with van der Waals surface area (Å²) in [5, 5.41) is 8.17. The lowest BCUT2D eigenvalue weighted by Crippen LogP contribution is -2.49. The third-order valence-electron chi connectivity index (χ3n) is 12.7. The second-order valence-corrected chi connectivity index (χ2v) is 20.7. The molecule has 0 unspecified atom stereocenters. The molecule has 0 aromatic heterocycles. The maximum atomic E-state index is 2.60. The van der Waals surface area contributed by atoms with Crippen LogP contribution in [0.15, 0.2) is 218 Å². The molecule has 10 aromatic carbocycles. The van der Waals surface area contributed by atoms with Gasteiger partial charge in [-0.2, -0.15) is 0 Å². The van der Waals surface area contributed by atoms with Crippen LogP contribution in [0.25, 0.3) is 99.4 Å². The molecule has 0 nitrogen and oxygen atoms in total. The van der Waals surface area contributed by atoms with Crippen LogP contribution in [-0.4, -0.2) is 8.07 Å². The second-order valence-electron chi connectivity index (χ2n) is 16.4. The van der Waals surface area contributed by atoms with Crippen LogP contribution in [0.1, 0.15) is 0 Å². The largest absolute Gasteiger partial charge is 0.113 e. The van der Waals surface area contributed by atoms with Gasteiger partial charge in [0.15, 0.2) is 0 Å². The fraction of sp³-hybridized carbons (Fsp3) is 0.0345. The summed E-state index contributed by atoms with van der Waals surface area (Å²) in [5.74, 6) is 0. The number of rotatable bonds is 6. The zero-order valence-electron chi connectivity index (χ0n) is 33.3. The van der Waals surface area contributed by atoms with Gasteiger partial charge < -0.3 is 0 Å². The molecule has 59 heavy (non-hydrogen) atoms. The Morgan fingerprint density at radius 3 is 1.10 bits per heavy atom. The maximum absolute atomic E-state index is 2.60. The van der Waals surface area contributed by atoms with E-state index >= 15 is 0 Å². The summed E-state index contributed by atoms with van der Waals surface area (Å²) in [5.41, 5.74) is 17.6. The summed E-state index contributed by atoms with van der Waals surface area (Å²) in [4.78, 5) is 0. The third-order valence-corrected chi connectivity index (χ3v) is 16.2. The van der Waals surface area contributed by atoms with Crippen LogP contribution < -0.4 is 10.4 Å². The Morgan fingerprint density at radius 1 is 0.237 bits per heavy atom. The lowest BCUT2D eigenvalue weighted by molar-refractivity contribution is 1.57. The van der Waals surface area contributed by atoms with Gasteiger partial charge in [-0.3, -0.25) is 0 Å². The van der Waals surface area contributed by atoms with Crippen LogP contribution in [0.4, 0.5) is 0 Å². The summed E-state index contributed by atoms with van der Waals surface area (Å²) in [6.45, 7) is 5.06. The fourth-order valence-electron chi connectivity index (χ4n) is 9.84. The SMILES string of the molecule is C[Si]1(C)c2ccccc2-c2cc3c(-c4ccc(-c5ccccc5)c(-c5ccccc5)c4)c4ccccc4c(-c4ccc(-c5ccccc5)c(-c5ccccc5)c4)c3cc21. The minimum absolute atomic E-state index is 1.22. The van der Waals surface area contributed by atoms with Crippen molar-refractivity contribution in [2.24, 2.45) is 0 Å². The van der Waals surface area contributed by atoms with E-state index in [4.69, 9.17) is 0 Å². The molecule has 278 valence electrons. The van der Waals surface area contributed by atoms with Crippen molar-refractivity contribution in [2.75, 3.05) is 0 Å². The molecular weight excluding hydrogens is 725 g/mol. The predicted molar refractivity (Wildman–Crippen MR) is 256 cm³/mol. The average molecular weight is 767 g/mol. The van der Waals surface area contributed by atoms with Gasteiger partial charge in [0.05, 0.1) is 0 Å². The van der Waals surface area contributed by atoms with Crippen molar-refractivity contribution in [1.82, 2.24) is 0 Å². The first kappa shape index (κ1) is 35.1. The van der Waals surface area contributed by atoms with Gasteiger partial charge in [0, 0.05) is 0 Å². The highest BCUT2D eigenvalue weighted by Gasteiger charge is 2.38. The molecule has 10 aromatic rings. The predicted octanol–water partition coefficient (Wildman–Crippen LogP) is 14.8. The summed E-state index contributed by atoms with van der Waals surface area (Å²) in [7, 11) is -2.00. The van der Waals surface area contributed by atoms with Gasteiger partial charge in [0.1, 0.15) is 8.07 Å². The molecule has 0 amide bonds. The van der Waals surface area contributed by atoms with Crippen molar-refractivity contribution < 1.29 is 0 Å². The zero-order chi connectivity index (χ0) is 39.5. The molecule has 0 bridgehead atoms. The van der Waals surface area contributed by atoms with Gasteiger partial charge >= 0.3 is 0 Å². The Bertz CT molecular complexity index is 3200. The molecule has 0 atom stereocenters. The van der Waals surface area contributed by atoms with Crippen LogP contribution in [0, 0.1) is 0 Å². The van der Waals surface area contributed by atoms with E-state index in [1.165, 1.54) is 110 Å². The van der Waals surface area contributed by atoms with Crippen molar-refractivity contribution >= 4 is 40.0 Å². The van der Waals surface area contributed by atoms with Crippen molar-refractivity contribution in [3.63, 3.8) is 0 Å². The van der Waals surface area contributed by atoms with Crippen LogP contribution in [0.3, 0.4) is 0 Å². The Hall–Kier alpha value is -7.06. The second kappa shape index (κ2) is 14.1. The molecule has 1 aliphatic rings. The van der Waals surface area contributed by atoms with E-state index in [1.54, 1.807) is 0 Å². The molecule has 0 fully saturated rings. The van der Waals surface area contributed by atoms with E-state index in [9.17, 15) is 0 Å². The highest BCUT2D eigenvalue weighted by molar-refractivity contribution is 7.04. The van der Waals surface area contributed by atoms with Crippen LogP contribution in [-0.2, 0) is 0 Å². The first-order valence-electron chi connectivity index (χ1n) is 20.7. The zero-order valence-corrected chi connectivity index (χ0v) is 34.3. The van der Waals surface area contributed by atoms with Gasteiger partial charge in [0.25, 0.3) is 0 Å². The van der Waals surface area contributed by atoms with E-state index in [2.05, 4.69) is 231 Å². The summed E-state index contributed by atoms with van der Waals surface area (Å²) >= 11 is 0. The summed E-state index contributed by atoms with van der Waals surface area (Å²) < 4.78 is 0. The average Bonchev–Trinajstić information content (AvgIpc) is 3.53. The van der Waals surface area contributed by atoms with Gasteiger partial charge in [-0.1, -0.05) is 213 Å². The lowest BCUT2D eigenvalue weighted by atomic mass is 9.82. The minimum atomic E-state index is -2.00. The van der Waals surface area contributed by atoms with Gasteiger partial charge in [-0.15, -0.1) is 0 Å². The van der Waals surface area contributed by atoms with Gasteiger partial charge in [-0.05, 0) is 128 Å². The Kier molecular flexibility index (Phi) is 8.39. The van der Waals surface area contributed by atoms with Crippen molar-refractivity contribution in [3.8, 4) is 77.9 Å². The van der Waals surface area contributed by atoms with E-state index in [1.807, 2.05) is 0 Å². The Labute approximate surface area is 347 Å². The van der Waals surface area contributed by atoms with Crippen LogP contribution in [0.2, 0.25) is 13.1 Å². The molecule has 1 heterocycles. The Morgan fingerprint density at radius 2 is 0.627 bits per heavy atom. The topological polar surface area (TPSA) is 0 Å². The molecular formula is C58H42Si. The van der Waals surface area contributed by atoms with Gasteiger partial charge in [0.2, 0.25) is 0 Å². The highest BCUT2D eigenvalue weighted by atomic mass is 28.3. The lowest BCUT2D eigenvalue weighted by Gasteiger charge is -2.23. The van der Waals surface area contributed by atoms with E-state index in [0.29, 0.717) is 0 Å². The van der Waals surface area contributed by atoms with E-state index in [-0.39, 0.29) is 0 Å². The van der Waals surface area contributed by atoms with E-state index < -0.39 is 8.07 Å². The Balaban J connectivity index is 1.25. The quantitative estimate of drug-likeness (QED) is 0.117. The number of hydrogen-bond acceptors (Lipinski definition) is 0. The molecule has 0 N–H and O–H groups in total. The highest BCUT2D eigenvalue weighted by Crippen LogP contribution is 2.48. The normalized spacial score (nSPS) is 12.7. The number of benzene rings is 10. The first-order chi connectivity index (χ1) is 29.0. The molecule has 0 saturated carbocycles. The van der Waals surface area contributed by atoms with Crippen LogP contribution in [0.5, 0.6) is 0 Å². The van der Waals surface area contributed by atoms with Crippen molar-refractivity contribution in [3.05, 3.63) is 218 Å². The smallest absolute Gasteiger partial charge is 0.0623 e. The number of fused-ring (bicyclic) bond motifs is 5. The molecule has 1 aliphatic heterocycles. The molecule has 0 spiro atoms. The van der Waals surface area contributed by atoms with Crippen LogP contribution >= 0.6 is 0 Å². The van der Waals surface area contributed by atoms with E-state index in [0.717, 1.165) is 0 Å². The van der Waals surface area contributed by atoms with Crippen molar-refractivity contribution in [2.45, 2.75) is 13.1 Å². The van der Waals surface area contributed by atoms with Crippen molar-refractivity contribution in [1.29, 1.82) is 0 Å². The first-order valence-corrected chi connectivity index (χ1v) is 23.7. The third kappa shape index (κ3) is 5.81. The maximum Gasteiger partial charge on any atom is 0.113 e. The summed E-state index contributed by atoms with van der Waals surface area (Å²) in [6, 6.07) is 81.2. The molecule has 11 rings (SSSR count). The molecule has 0 aliphatic carbocycles. The number of hydrogen-bond donors (Lipinski definition) is 0. The summed E-state index contributed by atoms with van der Waals surface area (Å²) in [6.07, 6.45) is 0. The monoisotopic (exact) mass is 766 g/mol. The molecule has 0 radical (unpaired) electrons. The minimum Gasteiger partial charge on any atom is -0.0623 e. The standard InChI is InChI=1S/C58H42Si/c1-59(2)55-30-18-17-27-47(55)52-37-53-54(38-56(52)59)58(44-32-34-46(40-21-9-4-10-22-40)51(36-44)42-25-13-6-14-26-42)49-29-16-15-28-48(49)57(53)43-31-33-45(39-19-7-3-8-20-39)50(35-43)41-23-11-5-12-24-41/h3-38H,1-2H3. The fourth-order valence-corrected chi connectivity index (χ4v) is 12.9. The molecule has 0 saturated heterocycles. The molecule has 1 heteroatoms. The van der Waals surface area contributed by atoms with Gasteiger partial charge in [-0.25, -0.2) is 0 Å².